The summed E-state index contributed by atoms with van der Waals surface area (Å²) in [5, 5.41) is 3.38. The fourth-order valence-electron chi connectivity index (χ4n) is 1.76. The summed E-state index contributed by atoms with van der Waals surface area (Å²) >= 11 is 1.77. The van der Waals surface area contributed by atoms with Crippen molar-refractivity contribution in [2.24, 2.45) is 0 Å². The van der Waals surface area contributed by atoms with Crippen molar-refractivity contribution < 1.29 is 4.42 Å². The molecule has 2 aromatic heterocycles. The van der Waals surface area contributed by atoms with E-state index in [1.807, 2.05) is 12.3 Å². The van der Waals surface area contributed by atoms with Crippen LogP contribution in [-0.2, 0) is 18.7 Å². The Labute approximate surface area is 112 Å². The standard InChI is InChI=1S/C13H19N3OS/c1-18-10-12-5-4-11(17-12)9-14-6-2-3-13-15-7-8-16-13/h4-5,7-8,14H,2-3,6,9-10H2,1H3,(H,15,16). The molecule has 0 bridgehead atoms. The van der Waals surface area contributed by atoms with Crippen LogP contribution in [0.4, 0.5) is 0 Å². The lowest BCUT2D eigenvalue weighted by molar-refractivity contribution is 0.458. The van der Waals surface area contributed by atoms with Crippen LogP contribution in [0.15, 0.2) is 28.9 Å². The van der Waals surface area contributed by atoms with Crippen LogP contribution in [0, 0.1) is 0 Å². The molecule has 0 atom stereocenters. The van der Waals surface area contributed by atoms with Crippen molar-refractivity contribution in [1.82, 2.24) is 15.3 Å². The first-order valence-electron chi connectivity index (χ1n) is 6.14. The van der Waals surface area contributed by atoms with Gasteiger partial charge in [0.2, 0.25) is 0 Å². The molecule has 2 aromatic rings. The van der Waals surface area contributed by atoms with Crippen LogP contribution in [0.2, 0.25) is 0 Å². The van der Waals surface area contributed by atoms with Gasteiger partial charge in [0, 0.05) is 18.8 Å². The summed E-state index contributed by atoms with van der Waals surface area (Å²) in [6.07, 6.45) is 7.79. The van der Waals surface area contributed by atoms with Crippen molar-refractivity contribution >= 4 is 11.8 Å². The quantitative estimate of drug-likeness (QED) is 0.720. The largest absolute Gasteiger partial charge is 0.464 e. The van der Waals surface area contributed by atoms with Crippen LogP contribution < -0.4 is 5.32 Å². The van der Waals surface area contributed by atoms with Gasteiger partial charge in [-0.25, -0.2) is 4.98 Å². The van der Waals surface area contributed by atoms with E-state index in [1.165, 1.54) is 0 Å². The number of furan rings is 1. The second-order valence-electron chi connectivity index (χ2n) is 4.12. The summed E-state index contributed by atoms with van der Waals surface area (Å²) in [7, 11) is 0. The van der Waals surface area contributed by atoms with Crippen molar-refractivity contribution in [3.8, 4) is 0 Å². The molecule has 0 saturated carbocycles. The Balaban J connectivity index is 1.59. The molecule has 2 heterocycles. The van der Waals surface area contributed by atoms with Crippen molar-refractivity contribution in [3.05, 3.63) is 41.9 Å². The van der Waals surface area contributed by atoms with E-state index in [2.05, 4.69) is 27.6 Å². The second-order valence-corrected chi connectivity index (χ2v) is 4.98. The van der Waals surface area contributed by atoms with Gasteiger partial charge in [-0.15, -0.1) is 0 Å². The Morgan fingerprint density at radius 1 is 1.39 bits per heavy atom. The fraction of sp³-hybridized carbons (Fsp3) is 0.462. The molecule has 0 aliphatic heterocycles. The average Bonchev–Trinajstić information content (AvgIpc) is 3.01. The normalized spacial score (nSPS) is 10.9. The number of hydrogen-bond donors (Lipinski definition) is 2. The number of H-pyrrole nitrogens is 1. The third kappa shape index (κ3) is 4.23. The maximum atomic E-state index is 5.67. The zero-order valence-electron chi connectivity index (χ0n) is 10.6. The molecule has 4 nitrogen and oxygen atoms in total. The Bertz CT molecular complexity index is 439. The van der Waals surface area contributed by atoms with Gasteiger partial charge in [-0.05, 0) is 31.4 Å². The predicted octanol–water partition coefficient (Wildman–Crippen LogP) is 2.59. The highest BCUT2D eigenvalue weighted by Gasteiger charge is 2.01. The minimum Gasteiger partial charge on any atom is -0.464 e. The topological polar surface area (TPSA) is 53.9 Å². The first kappa shape index (κ1) is 13.2. The lowest BCUT2D eigenvalue weighted by atomic mass is 10.3. The zero-order valence-corrected chi connectivity index (χ0v) is 11.4. The van der Waals surface area contributed by atoms with E-state index in [0.717, 1.165) is 49.0 Å². The van der Waals surface area contributed by atoms with E-state index in [1.54, 1.807) is 18.0 Å². The number of rotatable bonds is 8. The molecule has 0 aliphatic rings. The molecule has 98 valence electrons. The maximum Gasteiger partial charge on any atom is 0.117 e. The number of nitrogens with one attached hydrogen (secondary N) is 2. The number of thioether (sulfide) groups is 1. The van der Waals surface area contributed by atoms with Crippen molar-refractivity contribution in [3.63, 3.8) is 0 Å². The Hall–Kier alpha value is -1.20. The smallest absolute Gasteiger partial charge is 0.117 e. The summed E-state index contributed by atoms with van der Waals surface area (Å²) in [6.45, 7) is 1.77. The Kier molecular flexibility index (Phi) is 5.36. The third-order valence-electron chi connectivity index (χ3n) is 2.63. The molecule has 2 N–H and O–H groups in total. The number of nitrogens with zero attached hydrogens (tertiary/aromatic N) is 1. The second kappa shape index (κ2) is 7.28. The van der Waals surface area contributed by atoms with Gasteiger partial charge >= 0.3 is 0 Å². The third-order valence-corrected chi connectivity index (χ3v) is 3.20. The fourth-order valence-corrected chi connectivity index (χ4v) is 2.20. The highest BCUT2D eigenvalue weighted by Crippen LogP contribution is 2.13. The highest BCUT2D eigenvalue weighted by molar-refractivity contribution is 7.97. The van der Waals surface area contributed by atoms with Crippen molar-refractivity contribution in [1.29, 1.82) is 0 Å². The molecule has 0 unspecified atom stereocenters. The van der Waals surface area contributed by atoms with Crippen molar-refractivity contribution in [2.75, 3.05) is 12.8 Å². The molecule has 2 rings (SSSR count). The van der Waals surface area contributed by atoms with Gasteiger partial charge < -0.3 is 14.7 Å². The molecule has 0 aliphatic carbocycles. The zero-order chi connectivity index (χ0) is 12.6. The van der Waals surface area contributed by atoms with E-state index in [-0.39, 0.29) is 0 Å². The van der Waals surface area contributed by atoms with Crippen LogP contribution in [-0.4, -0.2) is 22.8 Å². The molecule has 5 heteroatoms. The lowest BCUT2D eigenvalue weighted by Gasteiger charge is -2.01. The Morgan fingerprint density at radius 3 is 3.06 bits per heavy atom. The molecule has 0 fully saturated rings. The maximum absolute atomic E-state index is 5.67. The summed E-state index contributed by atoms with van der Waals surface area (Å²) in [4.78, 5) is 7.30. The van der Waals surface area contributed by atoms with Gasteiger partial charge in [-0.3, -0.25) is 0 Å². The summed E-state index contributed by atoms with van der Waals surface area (Å²) in [5.74, 6) is 4.06. The van der Waals surface area contributed by atoms with Gasteiger partial charge in [0.05, 0.1) is 12.3 Å². The van der Waals surface area contributed by atoms with E-state index < -0.39 is 0 Å². The van der Waals surface area contributed by atoms with Gasteiger partial charge in [0.25, 0.3) is 0 Å². The van der Waals surface area contributed by atoms with Crippen LogP contribution in [0.3, 0.4) is 0 Å². The van der Waals surface area contributed by atoms with Crippen LogP contribution in [0.5, 0.6) is 0 Å². The predicted molar refractivity (Wildman–Crippen MR) is 74.5 cm³/mol. The van der Waals surface area contributed by atoms with Crippen LogP contribution in [0.1, 0.15) is 23.8 Å². The van der Waals surface area contributed by atoms with Crippen molar-refractivity contribution in [2.45, 2.75) is 25.1 Å². The molecule has 0 amide bonds. The number of hydrogen-bond acceptors (Lipinski definition) is 4. The monoisotopic (exact) mass is 265 g/mol. The molecular weight excluding hydrogens is 246 g/mol. The van der Waals surface area contributed by atoms with Gasteiger partial charge in [0.1, 0.15) is 17.3 Å². The minimum absolute atomic E-state index is 0.798. The molecular formula is C13H19N3OS. The summed E-state index contributed by atoms with van der Waals surface area (Å²) in [6, 6.07) is 4.10. The van der Waals surface area contributed by atoms with E-state index in [9.17, 15) is 0 Å². The van der Waals surface area contributed by atoms with E-state index in [0.29, 0.717) is 0 Å². The van der Waals surface area contributed by atoms with E-state index >= 15 is 0 Å². The van der Waals surface area contributed by atoms with Gasteiger partial charge in [-0.1, -0.05) is 0 Å². The number of aryl methyl sites for hydroxylation is 1. The highest BCUT2D eigenvalue weighted by atomic mass is 32.2. The molecule has 0 spiro atoms. The first-order valence-corrected chi connectivity index (χ1v) is 7.53. The molecule has 0 radical (unpaired) electrons. The number of aromatic amines is 1. The van der Waals surface area contributed by atoms with E-state index in [4.69, 9.17) is 4.42 Å². The van der Waals surface area contributed by atoms with Crippen LogP contribution >= 0.6 is 11.8 Å². The lowest BCUT2D eigenvalue weighted by Crippen LogP contribution is -2.15. The molecule has 0 aromatic carbocycles. The minimum atomic E-state index is 0.798. The van der Waals surface area contributed by atoms with Gasteiger partial charge in [0.15, 0.2) is 0 Å². The molecule has 18 heavy (non-hydrogen) atoms. The number of imidazole rings is 1. The van der Waals surface area contributed by atoms with Crippen LogP contribution in [0.25, 0.3) is 0 Å². The Morgan fingerprint density at radius 2 is 2.28 bits per heavy atom. The number of aromatic nitrogens is 2. The first-order chi connectivity index (χ1) is 8.88. The van der Waals surface area contributed by atoms with Gasteiger partial charge in [-0.2, -0.15) is 11.8 Å². The average molecular weight is 265 g/mol. The summed E-state index contributed by atoms with van der Waals surface area (Å²) in [5.41, 5.74) is 0. The SMILES string of the molecule is CSCc1ccc(CNCCCc2ncc[nH]2)o1. The summed E-state index contributed by atoms with van der Waals surface area (Å²) < 4.78 is 5.67. The molecule has 0 saturated heterocycles.